The second-order valence-corrected chi connectivity index (χ2v) is 17.5. The summed E-state index contributed by atoms with van der Waals surface area (Å²) in [6.45, 7) is 19.4. The Morgan fingerprint density at radius 1 is 1.12 bits per heavy atom. The van der Waals surface area contributed by atoms with E-state index in [0.29, 0.717) is 5.41 Å². The van der Waals surface area contributed by atoms with Crippen LogP contribution >= 0.6 is 7.47 Å². The van der Waals surface area contributed by atoms with E-state index in [1.807, 2.05) is 0 Å². The smallest absolute Gasteiger partial charge is 0.107 e. The topological polar surface area (TPSA) is 0 Å². The van der Waals surface area contributed by atoms with Gasteiger partial charge in [0, 0.05) is 5.41 Å². The predicted octanol–water partition coefficient (Wildman–Crippen LogP) is 5.56. The van der Waals surface area contributed by atoms with E-state index in [4.69, 9.17) is 0 Å². The quantitative estimate of drug-likeness (QED) is 0.463. The minimum atomic E-state index is -1.23. The number of rotatable bonds is 4. The summed E-state index contributed by atoms with van der Waals surface area (Å²) in [6, 6.07) is 0. The molecule has 0 radical (unpaired) electrons. The SMILES string of the molecule is CCP(CC)[Si](C)(C)C1=CC(C)(C)C(C)=C1C. The van der Waals surface area contributed by atoms with Crippen LogP contribution in [0.5, 0.6) is 0 Å². The van der Waals surface area contributed by atoms with Crippen LogP contribution in [0.15, 0.2) is 22.4 Å². The second-order valence-electron chi connectivity index (χ2n) is 6.26. The third kappa shape index (κ3) is 2.61. The Bertz CT molecular complexity index is 357. The Balaban J connectivity index is 3.19. The zero-order valence-corrected chi connectivity index (χ0v) is 14.8. The minimum Gasteiger partial charge on any atom is -0.114 e. The van der Waals surface area contributed by atoms with Gasteiger partial charge in [-0.2, -0.15) is 0 Å². The summed E-state index contributed by atoms with van der Waals surface area (Å²) < 4.78 is 0. The lowest BCUT2D eigenvalue weighted by Gasteiger charge is -2.34. The van der Waals surface area contributed by atoms with E-state index in [-0.39, 0.29) is 7.47 Å². The summed E-state index contributed by atoms with van der Waals surface area (Å²) >= 11 is 0. The molecule has 0 saturated carbocycles. The molecule has 2 heteroatoms. The zero-order chi connectivity index (χ0) is 13.4. The molecule has 0 aromatic heterocycles. The molecule has 1 aliphatic carbocycles. The maximum atomic E-state index is 2.59. The van der Waals surface area contributed by atoms with Gasteiger partial charge in [0.05, 0.1) is 0 Å². The maximum Gasteiger partial charge on any atom is 0.107 e. The Morgan fingerprint density at radius 2 is 1.59 bits per heavy atom. The van der Waals surface area contributed by atoms with Gasteiger partial charge >= 0.3 is 0 Å². The van der Waals surface area contributed by atoms with Crippen LogP contribution in [0.4, 0.5) is 0 Å². The lowest BCUT2D eigenvalue weighted by molar-refractivity contribution is 0.588. The monoisotopic (exact) mass is 268 g/mol. The summed E-state index contributed by atoms with van der Waals surface area (Å²) in [5, 5.41) is 1.76. The molecular formula is C15H29PSi. The molecule has 0 heterocycles. The van der Waals surface area contributed by atoms with E-state index < -0.39 is 7.74 Å². The van der Waals surface area contributed by atoms with Gasteiger partial charge in [-0.05, 0) is 26.2 Å². The highest BCUT2D eigenvalue weighted by atomic mass is 31.4. The summed E-state index contributed by atoms with van der Waals surface area (Å²) in [5.74, 6) is 0. The zero-order valence-electron chi connectivity index (χ0n) is 12.9. The van der Waals surface area contributed by atoms with Gasteiger partial charge in [0.25, 0.3) is 0 Å². The molecule has 1 aliphatic rings. The van der Waals surface area contributed by atoms with Crippen molar-refractivity contribution in [2.24, 2.45) is 5.41 Å². The first-order valence-corrected chi connectivity index (χ1v) is 12.4. The molecule has 0 fully saturated rings. The largest absolute Gasteiger partial charge is 0.114 e. The van der Waals surface area contributed by atoms with Crippen LogP contribution in [0.25, 0.3) is 0 Å². The Morgan fingerprint density at radius 3 is 1.88 bits per heavy atom. The first-order valence-electron chi connectivity index (χ1n) is 6.85. The van der Waals surface area contributed by atoms with E-state index in [2.05, 4.69) is 60.7 Å². The fourth-order valence-corrected chi connectivity index (χ4v) is 13.7. The van der Waals surface area contributed by atoms with Crippen molar-refractivity contribution < 1.29 is 0 Å². The number of allylic oxidation sites excluding steroid dienone is 4. The maximum absolute atomic E-state index is 2.59. The van der Waals surface area contributed by atoms with Crippen molar-refractivity contribution in [1.29, 1.82) is 0 Å². The van der Waals surface area contributed by atoms with Crippen LogP contribution in [-0.2, 0) is 0 Å². The van der Waals surface area contributed by atoms with Crippen LogP contribution in [0.2, 0.25) is 13.1 Å². The van der Waals surface area contributed by atoms with Crippen molar-refractivity contribution in [1.82, 2.24) is 0 Å². The van der Waals surface area contributed by atoms with Gasteiger partial charge in [0.15, 0.2) is 0 Å². The average Bonchev–Trinajstić information content (AvgIpc) is 2.44. The first-order chi connectivity index (χ1) is 7.68. The van der Waals surface area contributed by atoms with Gasteiger partial charge in [-0.25, -0.2) is 0 Å². The lowest BCUT2D eigenvalue weighted by atomic mass is 9.88. The molecule has 0 atom stereocenters. The highest BCUT2D eigenvalue weighted by molar-refractivity contribution is 7.96. The third-order valence-corrected chi connectivity index (χ3v) is 17.0. The molecular weight excluding hydrogens is 239 g/mol. The van der Waals surface area contributed by atoms with E-state index in [1.165, 1.54) is 12.3 Å². The van der Waals surface area contributed by atoms with Crippen molar-refractivity contribution in [2.45, 2.75) is 54.6 Å². The summed E-state index contributed by atoms with van der Waals surface area (Å²) in [5.41, 5.74) is 3.50. The van der Waals surface area contributed by atoms with E-state index in [0.717, 1.165) is 0 Å². The Kier molecular flexibility index (Phi) is 4.48. The van der Waals surface area contributed by atoms with Crippen LogP contribution in [0.1, 0.15) is 41.5 Å². The highest BCUT2D eigenvalue weighted by Gasteiger charge is 2.39. The minimum absolute atomic E-state index is 0.239. The molecule has 0 bridgehead atoms. The van der Waals surface area contributed by atoms with E-state index in [1.54, 1.807) is 16.3 Å². The van der Waals surface area contributed by atoms with Gasteiger partial charge in [-0.3, -0.25) is 0 Å². The van der Waals surface area contributed by atoms with Crippen molar-refractivity contribution in [3.8, 4) is 0 Å². The summed E-state index contributed by atoms with van der Waals surface area (Å²) in [7, 11) is -0.987. The van der Waals surface area contributed by atoms with Crippen LogP contribution in [-0.4, -0.2) is 20.1 Å². The van der Waals surface area contributed by atoms with Gasteiger partial charge in [-0.15, -0.1) is 7.47 Å². The summed E-state index contributed by atoms with van der Waals surface area (Å²) in [4.78, 5) is 0. The predicted molar refractivity (Wildman–Crippen MR) is 85.7 cm³/mol. The number of hydrogen-bond donors (Lipinski definition) is 0. The standard InChI is InChI=1S/C15H29PSi/c1-9-16(10-2)17(7,8)14-11-15(5,6)13(4)12(14)3/h11H,9-10H2,1-8H3. The fraction of sp³-hybridized carbons (Fsp3) is 0.733. The van der Waals surface area contributed by atoms with Crippen molar-refractivity contribution in [3.05, 3.63) is 22.4 Å². The van der Waals surface area contributed by atoms with Crippen molar-refractivity contribution >= 4 is 15.2 Å². The normalized spacial score (nSPS) is 20.2. The average molecular weight is 268 g/mol. The molecule has 17 heavy (non-hydrogen) atoms. The third-order valence-electron chi connectivity index (χ3n) is 4.65. The molecule has 0 aromatic rings. The Hall–Kier alpha value is 0.127. The van der Waals surface area contributed by atoms with E-state index >= 15 is 0 Å². The van der Waals surface area contributed by atoms with Crippen molar-refractivity contribution in [3.63, 3.8) is 0 Å². The van der Waals surface area contributed by atoms with Gasteiger partial charge in [0.1, 0.15) is 7.74 Å². The summed E-state index contributed by atoms with van der Waals surface area (Å²) in [6.07, 6.45) is 5.38. The lowest BCUT2D eigenvalue weighted by Crippen LogP contribution is -2.29. The van der Waals surface area contributed by atoms with Gasteiger partial charge < -0.3 is 0 Å². The van der Waals surface area contributed by atoms with Crippen molar-refractivity contribution in [2.75, 3.05) is 12.3 Å². The van der Waals surface area contributed by atoms with E-state index in [9.17, 15) is 0 Å². The second kappa shape index (κ2) is 5.01. The molecule has 0 aromatic carbocycles. The van der Waals surface area contributed by atoms with Crippen LogP contribution < -0.4 is 0 Å². The van der Waals surface area contributed by atoms with Gasteiger partial charge in [-0.1, -0.05) is 63.2 Å². The molecule has 0 spiro atoms. The molecule has 0 saturated heterocycles. The van der Waals surface area contributed by atoms with Crippen LogP contribution in [0.3, 0.4) is 0 Å². The molecule has 0 nitrogen and oxygen atoms in total. The van der Waals surface area contributed by atoms with Gasteiger partial charge in [0.2, 0.25) is 0 Å². The fourth-order valence-electron chi connectivity index (χ4n) is 3.08. The molecule has 98 valence electrons. The molecule has 1 rings (SSSR count). The first kappa shape index (κ1) is 15.2. The molecule has 0 aliphatic heterocycles. The molecule has 0 amide bonds. The number of hydrogen-bond acceptors (Lipinski definition) is 0. The van der Waals surface area contributed by atoms with Crippen LogP contribution in [0, 0.1) is 5.41 Å². The molecule has 0 unspecified atom stereocenters. The highest BCUT2D eigenvalue weighted by Crippen LogP contribution is 2.55. The molecule has 0 N–H and O–H groups in total. The Labute approximate surface area is 110 Å².